The van der Waals surface area contributed by atoms with E-state index >= 15 is 0 Å². The molecule has 1 aliphatic carbocycles. The van der Waals surface area contributed by atoms with Gasteiger partial charge in [-0.1, -0.05) is 18.2 Å². The molecule has 1 aromatic rings. The van der Waals surface area contributed by atoms with Crippen molar-refractivity contribution >= 4 is 5.91 Å². The van der Waals surface area contributed by atoms with Crippen LogP contribution in [0.15, 0.2) is 18.2 Å². The maximum Gasteiger partial charge on any atom is 0.237 e. The highest BCUT2D eigenvalue weighted by molar-refractivity contribution is 5.81. The third kappa shape index (κ3) is 3.81. The third-order valence-electron chi connectivity index (χ3n) is 5.73. The molecule has 3 rings (SSSR count). The molecule has 0 bridgehead atoms. The number of amides is 1. The van der Waals surface area contributed by atoms with Gasteiger partial charge in [-0.25, -0.2) is 0 Å². The van der Waals surface area contributed by atoms with Gasteiger partial charge in [-0.15, -0.1) is 0 Å². The molecule has 0 aromatic heterocycles. The van der Waals surface area contributed by atoms with Crippen molar-refractivity contribution in [3.8, 4) is 0 Å². The Balaban J connectivity index is 1.59. The van der Waals surface area contributed by atoms with E-state index in [1.165, 1.54) is 36.0 Å². The average molecular weight is 330 g/mol. The van der Waals surface area contributed by atoms with Crippen molar-refractivity contribution in [2.24, 2.45) is 5.92 Å². The van der Waals surface area contributed by atoms with Gasteiger partial charge in [0, 0.05) is 13.2 Å². The zero-order valence-electron chi connectivity index (χ0n) is 14.9. The zero-order chi connectivity index (χ0) is 17.1. The minimum atomic E-state index is -0.137. The molecule has 1 aliphatic heterocycles. The first kappa shape index (κ1) is 17.4. The standard InChI is InChI=1S/C20H30N2O2/c1-14(18-8-7-17-5-3-4-6-19(17)11-18)21-20(24)15(2)22-10-9-16(12-22)13-23/h7-8,11,14-16,23H,3-6,9-10,12-13H2,1-2H3,(H,21,24). The third-order valence-corrected chi connectivity index (χ3v) is 5.73. The van der Waals surface area contributed by atoms with E-state index in [0.717, 1.165) is 25.9 Å². The van der Waals surface area contributed by atoms with Gasteiger partial charge in [0.25, 0.3) is 0 Å². The Kier molecular flexibility index (Phi) is 5.57. The summed E-state index contributed by atoms with van der Waals surface area (Å²) in [6, 6.07) is 6.58. The van der Waals surface area contributed by atoms with Gasteiger partial charge in [0.15, 0.2) is 0 Å². The Hall–Kier alpha value is -1.39. The highest BCUT2D eigenvalue weighted by Gasteiger charge is 2.29. The first-order valence-corrected chi connectivity index (χ1v) is 9.35. The Labute approximate surface area is 145 Å². The molecule has 1 amide bonds. The molecule has 2 N–H and O–H groups in total. The van der Waals surface area contributed by atoms with E-state index in [-0.39, 0.29) is 24.6 Å². The van der Waals surface area contributed by atoms with Crippen LogP contribution in [0.2, 0.25) is 0 Å². The summed E-state index contributed by atoms with van der Waals surface area (Å²) in [5, 5.41) is 12.4. The molecule has 0 spiro atoms. The monoisotopic (exact) mass is 330 g/mol. The van der Waals surface area contributed by atoms with Gasteiger partial charge in [0.1, 0.15) is 0 Å². The Morgan fingerprint density at radius 3 is 2.75 bits per heavy atom. The number of aliphatic hydroxyl groups excluding tert-OH is 1. The molecule has 2 aliphatic rings. The number of aryl methyl sites for hydroxylation is 2. The van der Waals surface area contributed by atoms with Crippen LogP contribution in [0.4, 0.5) is 0 Å². The number of hydrogen-bond acceptors (Lipinski definition) is 3. The number of nitrogens with one attached hydrogen (secondary N) is 1. The van der Waals surface area contributed by atoms with E-state index in [1.807, 2.05) is 6.92 Å². The molecule has 132 valence electrons. The minimum Gasteiger partial charge on any atom is -0.396 e. The SMILES string of the molecule is CC(NC(=O)C(C)N1CCC(CO)C1)c1ccc2c(c1)CCCC2. The van der Waals surface area contributed by atoms with Crippen molar-refractivity contribution in [1.82, 2.24) is 10.2 Å². The number of carbonyl (C=O) groups is 1. The zero-order valence-corrected chi connectivity index (χ0v) is 14.9. The number of likely N-dealkylation sites (tertiary alicyclic amines) is 1. The second-order valence-corrected chi connectivity index (χ2v) is 7.47. The predicted octanol–water partition coefficient (Wildman–Crippen LogP) is 2.45. The molecule has 4 heteroatoms. The maximum atomic E-state index is 12.6. The number of benzene rings is 1. The van der Waals surface area contributed by atoms with Crippen LogP contribution in [0.5, 0.6) is 0 Å². The Bertz CT molecular complexity index is 587. The lowest BCUT2D eigenvalue weighted by Gasteiger charge is -2.26. The summed E-state index contributed by atoms with van der Waals surface area (Å²) in [6.07, 6.45) is 5.90. The second-order valence-electron chi connectivity index (χ2n) is 7.47. The molecule has 1 saturated heterocycles. The molecule has 4 nitrogen and oxygen atoms in total. The lowest BCUT2D eigenvalue weighted by molar-refractivity contribution is -0.126. The van der Waals surface area contributed by atoms with Crippen LogP contribution < -0.4 is 5.32 Å². The summed E-state index contributed by atoms with van der Waals surface area (Å²) in [6.45, 7) is 5.96. The lowest BCUT2D eigenvalue weighted by Crippen LogP contribution is -2.44. The van der Waals surface area contributed by atoms with Gasteiger partial charge in [-0.05, 0) is 75.1 Å². The van der Waals surface area contributed by atoms with Crippen molar-refractivity contribution in [1.29, 1.82) is 0 Å². The van der Waals surface area contributed by atoms with Crippen LogP contribution in [0.3, 0.4) is 0 Å². The second kappa shape index (κ2) is 7.66. The first-order chi connectivity index (χ1) is 11.6. The molecule has 1 heterocycles. The van der Waals surface area contributed by atoms with E-state index < -0.39 is 0 Å². The van der Waals surface area contributed by atoms with Crippen molar-refractivity contribution in [3.05, 3.63) is 34.9 Å². The van der Waals surface area contributed by atoms with Crippen molar-refractivity contribution < 1.29 is 9.90 Å². The van der Waals surface area contributed by atoms with E-state index in [2.05, 4.69) is 35.3 Å². The first-order valence-electron chi connectivity index (χ1n) is 9.35. The number of aliphatic hydroxyl groups is 1. The summed E-state index contributed by atoms with van der Waals surface area (Å²) < 4.78 is 0. The number of carbonyl (C=O) groups excluding carboxylic acids is 1. The highest BCUT2D eigenvalue weighted by Crippen LogP contribution is 2.25. The Morgan fingerprint density at radius 2 is 2.04 bits per heavy atom. The fourth-order valence-corrected chi connectivity index (χ4v) is 3.97. The molecule has 0 radical (unpaired) electrons. The van der Waals surface area contributed by atoms with Gasteiger partial charge in [-0.2, -0.15) is 0 Å². The summed E-state index contributed by atoms with van der Waals surface area (Å²) >= 11 is 0. The van der Waals surface area contributed by atoms with Crippen molar-refractivity contribution in [3.63, 3.8) is 0 Å². The van der Waals surface area contributed by atoms with Crippen LogP contribution in [-0.4, -0.2) is 41.7 Å². The molecule has 1 fully saturated rings. The van der Waals surface area contributed by atoms with E-state index in [9.17, 15) is 9.90 Å². The van der Waals surface area contributed by atoms with Gasteiger partial charge in [-0.3, -0.25) is 9.69 Å². The molecule has 3 atom stereocenters. The predicted molar refractivity (Wildman–Crippen MR) is 95.9 cm³/mol. The summed E-state index contributed by atoms with van der Waals surface area (Å²) in [5.74, 6) is 0.400. The van der Waals surface area contributed by atoms with Crippen LogP contribution in [-0.2, 0) is 17.6 Å². The van der Waals surface area contributed by atoms with Gasteiger partial charge < -0.3 is 10.4 Å². The van der Waals surface area contributed by atoms with Gasteiger partial charge in [0.2, 0.25) is 5.91 Å². The summed E-state index contributed by atoms with van der Waals surface area (Å²) in [7, 11) is 0. The van der Waals surface area contributed by atoms with Gasteiger partial charge >= 0.3 is 0 Å². The highest BCUT2D eigenvalue weighted by atomic mass is 16.3. The molecule has 0 saturated carbocycles. The number of nitrogens with zero attached hydrogens (tertiary/aromatic N) is 1. The normalized spacial score (nSPS) is 23.5. The number of hydrogen-bond donors (Lipinski definition) is 2. The molecular formula is C20H30N2O2. The molecule has 24 heavy (non-hydrogen) atoms. The maximum absolute atomic E-state index is 12.6. The van der Waals surface area contributed by atoms with Crippen LogP contribution in [0.25, 0.3) is 0 Å². The fourth-order valence-electron chi connectivity index (χ4n) is 3.97. The van der Waals surface area contributed by atoms with E-state index in [0.29, 0.717) is 5.92 Å². The molecule has 1 aromatic carbocycles. The number of rotatable bonds is 5. The van der Waals surface area contributed by atoms with Crippen molar-refractivity contribution in [2.75, 3.05) is 19.7 Å². The van der Waals surface area contributed by atoms with Crippen LogP contribution in [0, 0.1) is 5.92 Å². The largest absolute Gasteiger partial charge is 0.396 e. The van der Waals surface area contributed by atoms with Gasteiger partial charge in [0.05, 0.1) is 12.1 Å². The minimum absolute atomic E-state index is 0.0309. The lowest BCUT2D eigenvalue weighted by atomic mass is 9.89. The van der Waals surface area contributed by atoms with E-state index in [4.69, 9.17) is 0 Å². The van der Waals surface area contributed by atoms with Crippen LogP contribution >= 0.6 is 0 Å². The summed E-state index contributed by atoms with van der Waals surface area (Å²) in [5.41, 5.74) is 4.13. The van der Waals surface area contributed by atoms with E-state index in [1.54, 1.807) is 0 Å². The summed E-state index contributed by atoms with van der Waals surface area (Å²) in [4.78, 5) is 14.8. The molecular weight excluding hydrogens is 300 g/mol. The smallest absolute Gasteiger partial charge is 0.237 e. The molecule has 3 unspecified atom stereocenters. The fraction of sp³-hybridized carbons (Fsp3) is 0.650. The average Bonchev–Trinajstić information content (AvgIpc) is 3.09. The Morgan fingerprint density at radius 1 is 1.29 bits per heavy atom. The quantitative estimate of drug-likeness (QED) is 0.872. The number of fused-ring (bicyclic) bond motifs is 1. The topological polar surface area (TPSA) is 52.6 Å². The van der Waals surface area contributed by atoms with Crippen LogP contribution in [0.1, 0.15) is 55.8 Å². The van der Waals surface area contributed by atoms with Crippen molar-refractivity contribution in [2.45, 2.75) is 58.0 Å².